The first kappa shape index (κ1) is 24.3. The maximum atomic E-state index is 12.3. The summed E-state index contributed by atoms with van der Waals surface area (Å²) in [5.74, 6) is 6.70. The number of phenolic OH excluding ortho intramolecular Hbond substituents is 1. The van der Waals surface area contributed by atoms with Gasteiger partial charge in [0.05, 0.1) is 17.5 Å². The third-order valence-corrected chi connectivity index (χ3v) is 6.17. The van der Waals surface area contributed by atoms with E-state index in [0.29, 0.717) is 28.9 Å². The molecule has 0 aliphatic carbocycles. The van der Waals surface area contributed by atoms with Crippen LogP contribution in [0.15, 0.2) is 87.5 Å². The number of rotatable bonds is 9. The van der Waals surface area contributed by atoms with E-state index in [9.17, 15) is 9.90 Å². The Hall–Kier alpha value is -3.83. The Labute approximate surface area is 214 Å². The van der Waals surface area contributed by atoms with E-state index in [0.717, 1.165) is 27.4 Å². The molecule has 0 fully saturated rings. The topological polar surface area (TPSA) is 128 Å². The van der Waals surface area contributed by atoms with Gasteiger partial charge in [0.2, 0.25) is 5.16 Å². The van der Waals surface area contributed by atoms with Crippen molar-refractivity contribution in [1.82, 2.24) is 20.3 Å². The fourth-order valence-corrected chi connectivity index (χ4v) is 4.16. The van der Waals surface area contributed by atoms with Gasteiger partial charge in [0.15, 0.2) is 5.82 Å². The number of hydrogen-bond acceptors (Lipinski definition) is 8. The van der Waals surface area contributed by atoms with Gasteiger partial charge in [-0.05, 0) is 42.0 Å². The van der Waals surface area contributed by atoms with Gasteiger partial charge in [0.1, 0.15) is 18.1 Å². The van der Waals surface area contributed by atoms with Crippen LogP contribution in [-0.4, -0.2) is 37.9 Å². The molecule has 1 heterocycles. The highest BCUT2D eigenvalue weighted by molar-refractivity contribution is 9.10. The molecule has 0 unspecified atom stereocenters. The number of aromatic nitrogens is 3. The van der Waals surface area contributed by atoms with Crippen LogP contribution in [0.25, 0.3) is 11.4 Å². The molecule has 4 N–H and O–H groups in total. The lowest BCUT2D eigenvalue weighted by atomic mass is 10.2. The van der Waals surface area contributed by atoms with Gasteiger partial charge in [-0.15, -0.1) is 10.2 Å². The Bertz CT molecular complexity index is 1360. The number of benzene rings is 3. The molecule has 1 amide bonds. The number of nitrogen functional groups attached to an aromatic ring is 1. The fourth-order valence-electron chi connectivity index (χ4n) is 3.06. The molecular weight excluding hydrogens is 532 g/mol. The average Bonchev–Trinajstić information content (AvgIpc) is 3.22. The first-order valence-corrected chi connectivity index (χ1v) is 12.2. The van der Waals surface area contributed by atoms with Crippen LogP contribution in [0.3, 0.4) is 0 Å². The van der Waals surface area contributed by atoms with Crippen LogP contribution in [0.5, 0.6) is 11.5 Å². The van der Waals surface area contributed by atoms with Gasteiger partial charge in [-0.25, -0.2) is 10.1 Å². The summed E-state index contributed by atoms with van der Waals surface area (Å²) in [6, 6.07) is 22.0. The molecule has 35 heavy (non-hydrogen) atoms. The van der Waals surface area contributed by atoms with Crippen LogP contribution < -0.4 is 16.0 Å². The second-order valence-electron chi connectivity index (χ2n) is 7.23. The van der Waals surface area contributed by atoms with Gasteiger partial charge in [0.25, 0.3) is 5.91 Å². The molecule has 4 aromatic rings. The number of nitrogens with two attached hydrogens (primary N) is 1. The maximum absolute atomic E-state index is 12.3. The standard InChI is InChI=1S/C24H21BrN6O3S/c25-18-8-5-6-16(12-18)14-34-21-11-4-1-7-17(21)13-27-28-22(33)15-35-24-30-29-23(31(24)26)19-9-2-3-10-20(19)32/h1-13,32H,14-15,26H2,(H,28,33)/b27-13-. The van der Waals surface area contributed by atoms with Crippen molar-refractivity contribution in [2.45, 2.75) is 11.8 Å². The molecule has 0 aliphatic rings. The second-order valence-corrected chi connectivity index (χ2v) is 9.09. The van der Waals surface area contributed by atoms with Crippen molar-refractivity contribution in [1.29, 1.82) is 0 Å². The van der Waals surface area contributed by atoms with E-state index in [1.165, 1.54) is 17.0 Å². The summed E-state index contributed by atoms with van der Waals surface area (Å²) in [5, 5.41) is 22.4. The number of amides is 1. The van der Waals surface area contributed by atoms with Gasteiger partial charge in [0, 0.05) is 10.0 Å². The molecule has 0 saturated heterocycles. The van der Waals surface area contributed by atoms with Crippen LogP contribution in [0.4, 0.5) is 0 Å². The molecule has 0 atom stereocenters. The molecule has 4 rings (SSSR count). The molecule has 0 bridgehead atoms. The lowest BCUT2D eigenvalue weighted by molar-refractivity contribution is -0.118. The van der Waals surface area contributed by atoms with E-state index in [-0.39, 0.29) is 17.4 Å². The van der Waals surface area contributed by atoms with Crippen molar-refractivity contribution in [2.24, 2.45) is 5.10 Å². The van der Waals surface area contributed by atoms with Crippen LogP contribution in [0.2, 0.25) is 0 Å². The lowest BCUT2D eigenvalue weighted by Gasteiger charge is -2.09. The highest BCUT2D eigenvalue weighted by Gasteiger charge is 2.16. The Kier molecular flexibility index (Phi) is 8.01. The van der Waals surface area contributed by atoms with E-state index < -0.39 is 0 Å². The van der Waals surface area contributed by atoms with E-state index in [1.54, 1.807) is 18.2 Å². The zero-order chi connectivity index (χ0) is 24.6. The fraction of sp³-hybridized carbons (Fsp3) is 0.0833. The number of hydrazone groups is 1. The van der Waals surface area contributed by atoms with Crippen LogP contribution in [0, 0.1) is 0 Å². The summed E-state index contributed by atoms with van der Waals surface area (Å²) in [6.45, 7) is 0.399. The van der Waals surface area contributed by atoms with Gasteiger partial charge in [-0.3, -0.25) is 4.79 Å². The minimum atomic E-state index is -0.342. The normalized spacial score (nSPS) is 11.0. The van der Waals surface area contributed by atoms with Crippen molar-refractivity contribution in [3.05, 3.63) is 88.4 Å². The lowest BCUT2D eigenvalue weighted by Crippen LogP contribution is -2.20. The number of halogens is 1. The molecule has 0 radical (unpaired) electrons. The van der Waals surface area contributed by atoms with Crippen molar-refractivity contribution in [2.75, 3.05) is 11.6 Å². The summed E-state index contributed by atoms with van der Waals surface area (Å²) in [4.78, 5) is 12.3. The molecule has 0 saturated carbocycles. The number of para-hydroxylation sites is 2. The monoisotopic (exact) mass is 552 g/mol. The number of aromatic hydroxyl groups is 1. The van der Waals surface area contributed by atoms with Crippen molar-refractivity contribution >= 4 is 39.8 Å². The molecular formula is C24H21BrN6O3S. The smallest absolute Gasteiger partial charge is 0.250 e. The summed E-state index contributed by atoms with van der Waals surface area (Å²) in [6.07, 6.45) is 1.53. The zero-order valence-electron chi connectivity index (χ0n) is 18.3. The zero-order valence-corrected chi connectivity index (χ0v) is 20.7. The number of carbonyl (C=O) groups excluding carboxylic acids is 1. The molecule has 178 valence electrons. The summed E-state index contributed by atoms with van der Waals surface area (Å²) < 4.78 is 8.14. The van der Waals surface area contributed by atoms with E-state index in [2.05, 4.69) is 36.7 Å². The highest BCUT2D eigenvalue weighted by Crippen LogP contribution is 2.28. The Morgan fingerprint density at radius 2 is 1.94 bits per heavy atom. The summed E-state index contributed by atoms with van der Waals surface area (Å²) in [5.41, 5.74) is 4.68. The minimum absolute atomic E-state index is 0.0223. The Morgan fingerprint density at radius 1 is 1.14 bits per heavy atom. The molecule has 0 aliphatic heterocycles. The number of nitrogens with zero attached hydrogens (tertiary/aromatic N) is 4. The minimum Gasteiger partial charge on any atom is -0.507 e. The third kappa shape index (κ3) is 6.40. The predicted octanol–water partition coefficient (Wildman–Crippen LogP) is 3.95. The van der Waals surface area contributed by atoms with E-state index >= 15 is 0 Å². The first-order valence-electron chi connectivity index (χ1n) is 10.4. The third-order valence-electron chi connectivity index (χ3n) is 4.74. The highest BCUT2D eigenvalue weighted by atomic mass is 79.9. The van der Waals surface area contributed by atoms with Crippen LogP contribution in [0.1, 0.15) is 11.1 Å². The molecule has 0 spiro atoms. The Balaban J connectivity index is 1.31. The van der Waals surface area contributed by atoms with Crippen LogP contribution >= 0.6 is 27.7 Å². The molecule has 11 heteroatoms. The number of hydrogen-bond donors (Lipinski definition) is 3. The predicted molar refractivity (Wildman–Crippen MR) is 139 cm³/mol. The van der Waals surface area contributed by atoms with E-state index in [4.69, 9.17) is 10.6 Å². The molecule has 9 nitrogen and oxygen atoms in total. The Morgan fingerprint density at radius 3 is 2.77 bits per heavy atom. The van der Waals surface area contributed by atoms with Gasteiger partial charge >= 0.3 is 0 Å². The van der Waals surface area contributed by atoms with Crippen molar-refractivity contribution in [3.8, 4) is 22.9 Å². The van der Waals surface area contributed by atoms with Gasteiger partial charge < -0.3 is 15.7 Å². The number of nitrogens with one attached hydrogen (secondary N) is 1. The SMILES string of the molecule is Nn1c(SCC(=O)N/N=C\c2ccccc2OCc2cccc(Br)c2)nnc1-c1ccccc1O. The quantitative estimate of drug-likeness (QED) is 0.124. The van der Waals surface area contributed by atoms with E-state index in [1.807, 2.05) is 48.5 Å². The molecule has 3 aromatic carbocycles. The summed E-state index contributed by atoms with van der Waals surface area (Å²) in [7, 11) is 0. The number of phenols is 1. The molecule has 1 aromatic heterocycles. The largest absolute Gasteiger partial charge is 0.507 e. The first-order chi connectivity index (χ1) is 17.0. The maximum Gasteiger partial charge on any atom is 0.250 e. The van der Waals surface area contributed by atoms with Crippen molar-refractivity contribution in [3.63, 3.8) is 0 Å². The number of ether oxygens (including phenoxy) is 1. The second kappa shape index (κ2) is 11.5. The number of carbonyl (C=O) groups is 1. The van der Waals surface area contributed by atoms with Gasteiger partial charge in [-0.2, -0.15) is 5.10 Å². The number of thioether (sulfide) groups is 1. The van der Waals surface area contributed by atoms with Gasteiger partial charge in [-0.1, -0.05) is 64.1 Å². The van der Waals surface area contributed by atoms with Crippen LogP contribution in [-0.2, 0) is 11.4 Å². The summed E-state index contributed by atoms with van der Waals surface area (Å²) >= 11 is 4.55. The van der Waals surface area contributed by atoms with Crippen molar-refractivity contribution < 1.29 is 14.6 Å². The average molecular weight is 553 g/mol.